The first-order chi connectivity index (χ1) is 17.9. The third-order valence-electron chi connectivity index (χ3n) is 10.8. The van der Waals surface area contributed by atoms with Crippen molar-refractivity contribution in [2.24, 2.45) is 46.3 Å². The molecule has 6 aliphatic carbocycles. The Morgan fingerprint density at radius 3 is 2.65 bits per heavy atom. The summed E-state index contributed by atoms with van der Waals surface area (Å²) >= 11 is 0. The molecule has 7 aliphatic rings. The molecule has 0 radical (unpaired) electrons. The van der Waals surface area contributed by atoms with Gasteiger partial charge in [-0.25, -0.2) is 9.50 Å². The number of benzene rings is 1. The largest absolute Gasteiger partial charge is 0.482 e. The third-order valence-corrected chi connectivity index (χ3v) is 10.8. The molecule has 0 spiro atoms. The summed E-state index contributed by atoms with van der Waals surface area (Å²) in [5.74, 6) is 4.97. The van der Waals surface area contributed by atoms with E-state index in [0.717, 1.165) is 47.6 Å². The van der Waals surface area contributed by atoms with Crippen molar-refractivity contribution in [3.8, 4) is 5.75 Å². The molecule has 1 aliphatic heterocycles. The lowest BCUT2D eigenvalue weighted by Crippen LogP contribution is -3.10. The standard InChI is InChI=1S/C27H24N6O4/c1-26-18-21-19(26)23-20(26)22(18)27(21,23)10-29-25(36)14-7-13(31-16-4-5-30-33(14)16)24(35)28-8-11-2-3-15-12(6-11)32-17(34)9-37-15/h2-7,18-23H,8-10H2,1H3,(H,28,35)(H,29,36)(H,32,34). The van der Waals surface area contributed by atoms with Crippen LogP contribution in [0.1, 0.15) is 33.5 Å². The van der Waals surface area contributed by atoms with E-state index in [1.807, 2.05) is 6.07 Å². The molecular formula is C27H24N6O4. The van der Waals surface area contributed by atoms with Crippen molar-refractivity contribution >= 4 is 29.1 Å². The molecule has 186 valence electrons. The smallest absolute Gasteiger partial charge is 0.270 e. The molecular weight excluding hydrogens is 472 g/mol. The fraction of sp³-hybridized carbons (Fsp3) is 0.444. The molecule has 6 fully saturated rings. The number of fused-ring (bicyclic) bond motifs is 2. The molecule has 3 heterocycles. The number of rotatable bonds is 6. The lowest BCUT2D eigenvalue weighted by molar-refractivity contribution is -0.651. The van der Waals surface area contributed by atoms with Crippen LogP contribution in [0, 0.1) is 46.3 Å². The lowest BCUT2D eigenvalue weighted by atomic mass is 8.92. The number of ether oxygens (including phenoxy) is 1. The van der Waals surface area contributed by atoms with Gasteiger partial charge in [0, 0.05) is 25.2 Å². The number of nitrogens with zero attached hydrogens (tertiary/aromatic N) is 3. The van der Waals surface area contributed by atoms with E-state index in [4.69, 9.17) is 4.74 Å². The van der Waals surface area contributed by atoms with E-state index in [-0.39, 0.29) is 30.7 Å². The molecule has 3 aromatic rings. The van der Waals surface area contributed by atoms with Crippen LogP contribution in [0.2, 0.25) is 0 Å². The van der Waals surface area contributed by atoms with Crippen molar-refractivity contribution in [2.75, 3.05) is 18.5 Å². The Balaban J connectivity index is 0.917. The van der Waals surface area contributed by atoms with Crippen LogP contribution in [0.5, 0.6) is 5.75 Å². The van der Waals surface area contributed by atoms with Crippen LogP contribution in [-0.4, -0.2) is 45.5 Å². The normalized spacial score (nSPS) is 37.8. The molecule has 6 saturated carbocycles. The van der Waals surface area contributed by atoms with E-state index in [9.17, 15) is 14.4 Å². The summed E-state index contributed by atoms with van der Waals surface area (Å²) in [4.78, 5) is 42.3. The zero-order chi connectivity index (χ0) is 24.8. The summed E-state index contributed by atoms with van der Waals surface area (Å²) in [6.07, 6.45) is 1.57. The van der Waals surface area contributed by atoms with Gasteiger partial charge in [-0.2, -0.15) is 5.10 Å². The highest BCUT2D eigenvalue weighted by Crippen LogP contribution is 3.10. The fourth-order valence-corrected chi connectivity index (χ4v) is 9.67. The van der Waals surface area contributed by atoms with Gasteiger partial charge in [-0.05, 0) is 64.0 Å². The van der Waals surface area contributed by atoms with E-state index in [1.165, 1.54) is 10.6 Å². The summed E-state index contributed by atoms with van der Waals surface area (Å²) in [6.45, 7) is 3.40. The minimum absolute atomic E-state index is 0.00848. The summed E-state index contributed by atoms with van der Waals surface area (Å²) in [5, 5.41) is 13.1. The quantitative estimate of drug-likeness (QED) is 0.475. The van der Waals surface area contributed by atoms with Crippen LogP contribution in [0.4, 0.5) is 5.69 Å². The van der Waals surface area contributed by atoms with Gasteiger partial charge in [-0.3, -0.25) is 14.4 Å². The Kier molecular flexibility index (Phi) is 3.33. The minimum Gasteiger partial charge on any atom is -0.482 e. The van der Waals surface area contributed by atoms with Crippen molar-refractivity contribution in [1.82, 2.24) is 25.2 Å². The maximum absolute atomic E-state index is 13.3. The first-order valence-corrected chi connectivity index (χ1v) is 12.9. The highest BCUT2D eigenvalue weighted by atomic mass is 16.5. The van der Waals surface area contributed by atoms with Gasteiger partial charge in [-0.1, -0.05) is 13.0 Å². The average molecular weight is 497 g/mol. The van der Waals surface area contributed by atoms with Crippen LogP contribution < -0.4 is 20.7 Å². The van der Waals surface area contributed by atoms with Crippen LogP contribution in [0.15, 0.2) is 36.5 Å². The zero-order valence-corrected chi connectivity index (χ0v) is 20.0. The van der Waals surface area contributed by atoms with Gasteiger partial charge < -0.3 is 20.7 Å². The zero-order valence-electron chi connectivity index (χ0n) is 20.0. The highest BCUT2D eigenvalue weighted by Gasteiger charge is 3.08. The van der Waals surface area contributed by atoms with Gasteiger partial charge in [-0.15, -0.1) is 0 Å². The number of nitrogens with one attached hydrogen (secondary N) is 3. The molecule has 2 aromatic heterocycles. The summed E-state index contributed by atoms with van der Waals surface area (Å²) in [6, 6.07) is 8.54. The molecule has 0 unspecified atom stereocenters. The summed E-state index contributed by atoms with van der Waals surface area (Å²) in [5.41, 5.74) is 3.27. The molecule has 3 N–H and O–H groups in total. The fourth-order valence-electron chi connectivity index (χ4n) is 9.67. The number of carbonyl (C=O) groups is 3. The van der Waals surface area contributed by atoms with Crippen molar-refractivity contribution in [2.45, 2.75) is 13.5 Å². The SMILES string of the molecule is CC12C3C4C1C1C2C3C41CNC(=O)c1cc(C(=O)NCc2ccc3c(c2)NC(=O)CO3)nc2ccnn12. The van der Waals surface area contributed by atoms with Gasteiger partial charge in [0.15, 0.2) is 12.3 Å². The Morgan fingerprint density at radius 1 is 1.08 bits per heavy atom. The Morgan fingerprint density at radius 2 is 1.86 bits per heavy atom. The molecule has 10 heteroatoms. The highest BCUT2D eigenvalue weighted by molar-refractivity contribution is 5.98. The Hall–Kier alpha value is -3.95. The lowest BCUT2D eigenvalue weighted by Gasteiger charge is -3.11. The maximum atomic E-state index is 13.3. The van der Waals surface area contributed by atoms with E-state index >= 15 is 0 Å². The topological polar surface area (TPSA) is 127 Å². The predicted octanol–water partition coefficient (Wildman–Crippen LogP) is 1.48. The molecule has 0 bridgehead atoms. The third kappa shape index (κ3) is 2.04. The van der Waals surface area contributed by atoms with Crippen molar-refractivity contribution in [3.05, 3.63) is 53.5 Å². The maximum Gasteiger partial charge on any atom is 0.270 e. The first kappa shape index (κ1) is 20.1. The number of anilines is 1. The predicted molar refractivity (Wildman–Crippen MR) is 129 cm³/mol. The minimum atomic E-state index is -0.398. The van der Waals surface area contributed by atoms with Crippen molar-refractivity contribution in [3.63, 3.8) is 0 Å². The molecule has 37 heavy (non-hydrogen) atoms. The molecule has 10 nitrogen and oxygen atoms in total. The molecule has 0 saturated heterocycles. The van der Waals surface area contributed by atoms with Gasteiger partial charge >= 0.3 is 0 Å². The van der Waals surface area contributed by atoms with E-state index in [2.05, 4.69) is 33.0 Å². The number of amides is 3. The van der Waals surface area contributed by atoms with E-state index in [0.29, 0.717) is 33.6 Å². The summed E-state index contributed by atoms with van der Waals surface area (Å²) < 4.78 is 6.87. The summed E-state index contributed by atoms with van der Waals surface area (Å²) in [7, 11) is 0. The second-order valence-corrected chi connectivity index (χ2v) is 11.8. The number of hydrogen-bond acceptors (Lipinski definition) is 6. The Labute approximate surface area is 211 Å². The molecule has 10 rings (SSSR count). The van der Waals surface area contributed by atoms with Crippen molar-refractivity contribution < 1.29 is 19.1 Å². The van der Waals surface area contributed by atoms with E-state index in [1.54, 1.807) is 24.4 Å². The van der Waals surface area contributed by atoms with Crippen LogP contribution in [0.25, 0.3) is 5.65 Å². The molecule has 0 atom stereocenters. The second-order valence-electron chi connectivity index (χ2n) is 11.8. The van der Waals surface area contributed by atoms with E-state index < -0.39 is 5.91 Å². The number of hydrogen-bond donors (Lipinski definition) is 3. The van der Waals surface area contributed by atoms with Crippen LogP contribution in [0.3, 0.4) is 0 Å². The van der Waals surface area contributed by atoms with Gasteiger partial charge in [0.2, 0.25) is 0 Å². The van der Waals surface area contributed by atoms with Gasteiger partial charge in [0.25, 0.3) is 17.7 Å². The first-order valence-electron chi connectivity index (χ1n) is 12.9. The van der Waals surface area contributed by atoms with Crippen LogP contribution in [-0.2, 0) is 11.3 Å². The van der Waals surface area contributed by atoms with Crippen molar-refractivity contribution in [1.29, 1.82) is 0 Å². The van der Waals surface area contributed by atoms with Crippen LogP contribution >= 0.6 is 0 Å². The molecule has 3 amide bonds. The monoisotopic (exact) mass is 496 g/mol. The average Bonchev–Trinajstić information content (AvgIpc) is 3.39. The molecule has 1 aromatic carbocycles. The second kappa shape index (κ2) is 6.12. The number of aromatic nitrogens is 3. The van der Waals surface area contributed by atoms with Gasteiger partial charge in [0.1, 0.15) is 17.1 Å². The Bertz CT molecular complexity index is 1560. The number of carbonyl (C=O) groups excluding carboxylic acids is 3. The van der Waals surface area contributed by atoms with Gasteiger partial charge in [0.05, 0.1) is 11.9 Å².